The van der Waals surface area contributed by atoms with E-state index in [0.717, 1.165) is 61.3 Å². The first-order valence-corrected chi connectivity index (χ1v) is 9.89. The second-order valence-corrected chi connectivity index (χ2v) is 7.58. The summed E-state index contributed by atoms with van der Waals surface area (Å²) in [6.45, 7) is 6.65. The molecule has 0 aliphatic carbocycles. The van der Waals surface area contributed by atoms with Gasteiger partial charge in [0, 0.05) is 37.5 Å². The molecule has 27 heavy (non-hydrogen) atoms. The number of carbonyl (C=O) groups excluding carboxylic acids is 1. The van der Waals surface area contributed by atoms with E-state index in [-0.39, 0.29) is 11.9 Å². The topological polar surface area (TPSA) is 71.7 Å². The van der Waals surface area contributed by atoms with Crippen LogP contribution in [0.1, 0.15) is 31.4 Å². The standard InChI is InChI=1S/C21H28N4O2/c1-15(24-10-12-27-13-11-24)21(26)25-8-6-16(7-9-25)20-18(22)14-17-4-2-3-5-19(17)23-20/h2-5,14-16H,6-13,22H2,1H3/t15-/m1/s1. The maximum Gasteiger partial charge on any atom is 0.239 e. The third-order valence-corrected chi connectivity index (χ3v) is 5.93. The number of morpholine rings is 1. The van der Waals surface area contributed by atoms with E-state index in [1.54, 1.807) is 0 Å². The average molecular weight is 368 g/mol. The quantitative estimate of drug-likeness (QED) is 0.900. The number of pyridine rings is 1. The first-order chi connectivity index (χ1) is 13.1. The van der Waals surface area contributed by atoms with Crippen LogP contribution in [0.15, 0.2) is 30.3 Å². The van der Waals surface area contributed by atoms with Crippen molar-refractivity contribution < 1.29 is 9.53 Å². The predicted molar refractivity (Wildman–Crippen MR) is 107 cm³/mol. The van der Waals surface area contributed by atoms with Crippen LogP contribution in [0, 0.1) is 0 Å². The van der Waals surface area contributed by atoms with Crippen LogP contribution in [0.25, 0.3) is 10.9 Å². The molecule has 2 aromatic rings. The number of likely N-dealkylation sites (tertiary alicyclic amines) is 1. The highest BCUT2D eigenvalue weighted by atomic mass is 16.5. The number of piperidine rings is 1. The Morgan fingerprint density at radius 1 is 1.19 bits per heavy atom. The van der Waals surface area contributed by atoms with Gasteiger partial charge in [-0.15, -0.1) is 0 Å². The first kappa shape index (κ1) is 18.2. The molecular formula is C21H28N4O2. The summed E-state index contributed by atoms with van der Waals surface area (Å²) in [4.78, 5) is 21.9. The van der Waals surface area contributed by atoms with E-state index in [2.05, 4.69) is 4.90 Å². The smallest absolute Gasteiger partial charge is 0.239 e. The van der Waals surface area contributed by atoms with Crippen LogP contribution in [0.3, 0.4) is 0 Å². The molecule has 2 saturated heterocycles. The van der Waals surface area contributed by atoms with E-state index in [1.807, 2.05) is 42.2 Å². The van der Waals surface area contributed by atoms with Crippen LogP contribution in [-0.4, -0.2) is 66.1 Å². The van der Waals surface area contributed by atoms with Gasteiger partial charge in [-0.25, -0.2) is 0 Å². The van der Waals surface area contributed by atoms with Crippen molar-refractivity contribution in [1.82, 2.24) is 14.8 Å². The fourth-order valence-electron chi connectivity index (χ4n) is 4.23. The largest absolute Gasteiger partial charge is 0.397 e. The molecule has 2 aliphatic rings. The van der Waals surface area contributed by atoms with Gasteiger partial charge in [-0.1, -0.05) is 18.2 Å². The Balaban J connectivity index is 1.41. The molecule has 2 N–H and O–H groups in total. The molecule has 0 bridgehead atoms. The van der Waals surface area contributed by atoms with Crippen molar-refractivity contribution in [2.75, 3.05) is 45.1 Å². The fraction of sp³-hybridized carbons (Fsp3) is 0.524. The number of aromatic nitrogens is 1. The van der Waals surface area contributed by atoms with Crippen molar-refractivity contribution in [3.63, 3.8) is 0 Å². The minimum atomic E-state index is -0.0747. The van der Waals surface area contributed by atoms with E-state index in [0.29, 0.717) is 19.1 Å². The molecule has 144 valence electrons. The highest BCUT2D eigenvalue weighted by molar-refractivity contribution is 5.83. The van der Waals surface area contributed by atoms with Crippen molar-refractivity contribution in [2.45, 2.75) is 31.7 Å². The summed E-state index contributed by atoms with van der Waals surface area (Å²) in [6, 6.07) is 10.0. The van der Waals surface area contributed by atoms with Crippen LogP contribution in [0.5, 0.6) is 0 Å². The summed E-state index contributed by atoms with van der Waals surface area (Å²) < 4.78 is 5.39. The van der Waals surface area contributed by atoms with E-state index in [1.165, 1.54) is 0 Å². The maximum atomic E-state index is 12.9. The molecule has 0 spiro atoms. The Labute approximate surface area is 160 Å². The normalized spacial score (nSPS) is 20.7. The Kier molecular flexibility index (Phi) is 5.27. The van der Waals surface area contributed by atoms with Crippen molar-refractivity contribution >= 4 is 22.5 Å². The first-order valence-electron chi connectivity index (χ1n) is 9.89. The second-order valence-electron chi connectivity index (χ2n) is 7.58. The van der Waals surface area contributed by atoms with Crippen molar-refractivity contribution in [2.24, 2.45) is 0 Å². The van der Waals surface area contributed by atoms with Gasteiger partial charge in [0.2, 0.25) is 5.91 Å². The number of ether oxygens (including phenoxy) is 1. The number of nitrogens with two attached hydrogens (primary N) is 1. The number of carbonyl (C=O) groups is 1. The van der Waals surface area contributed by atoms with Crippen molar-refractivity contribution in [3.8, 4) is 0 Å². The molecule has 6 nitrogen and oxygen atoms in total. The van der Waals surface area contributed by atoms with Gasteiger partial charge in [-0.05, 0) is 31.9 Å². The minimum Gasteiger partial charge on any atom is -0.397 e. The summed E-state index contributed by atoms with van der Waals surface area (Å²) >= 11 is 0. The molecule has 2 fully saturated rings. The zero-order valence-corrected chi connectivity index (χ0v) is 15.9. The number of benzene rings is 1. The van der Waals surface area contributed by atoms with E-state index < -0.39 is 0 Å². The van der Waals surface area contributed by atoms with Gasteiger partial charge < -0.3 is 15.4 Å². The molecule has 4 rings (SSSR count). The molecule has 2 aliphatic heterocycles. The Bertz CT molecular complexity index is 811. The van der Waals surface area contributed by atoms with Gasteiger partial charge in [-0.2, -0.15) is 0 Å². The van der Waals surface area contributed by atoms with Gasteiger partial charge in [0.25, 0.3) is 0 Å². The molecule has 1 amide bonds. The number of fused-ring (bicyclic) bond motifs is 1. The SMILES string of the molecule is C[C@H](C(=O)N1CCC(c2nc3ccccc3cc2N)CC1)N1CCOCC1. The van der Waals surface area contributed by atoms with Crippen LogP contribution < -0.4 is 5.73 Å². The zero-order valence-electron chi connectivity index (χ0n) is 15.9. The van der Waals surface area contributed by atoms with Gasteiger partial charge in [-0.3, -0.25) is 14.7 Å². The summed E-state index contributed by atoms with van der Waals surface area (Å²) in [7, 11) is 0. The van der Waals surface area contributed by atoms with Gasteiger partial charge in [0.1, 0.15) is 0 Å². The molecule has 0 unspecified atom stereocenters. The Hall–Kier alpha value is -2.18. The van der Waals surface area contributed by atoms with Gasteiger partial charge >= 0.3 is 0 Å². The van der Waals surface area contributed by atoms with Crippen LogP contribution in [-0.2, 0) is 9.53 Å². The fourth-order valence-corrected chi connectivity index (χ4v) is 4.23. The van der Waals surface area contributed by atoms with Gasteiger partial charge in [0.15, 0.2) is 0 Å². The number of nitrogen functional groups attached to an aromatic ring is 1. The number of hydrogen-bond acceptors (Lipinski definition) is 5. The van der Waals surface area contributed by atoms with Crippen LogP contribution >= 0.6 is 0 Å². The Morgan fingerprint density at radius 2 is 1.89 bits per heavy atom. The maximum absolute atomic E-state index is 12.9. The number of hydrogen-bond donors (Lipinski definition) is 1. The van der Waals surface area contributed by atoms with Crippen LogP contribution in [0.2, 0.25) is 0 Å². The average Bonchev–Trinajstić information content (AvgIpc) is 2.73. The molecule has 3 heterocycles. The molecule has 1 aromatic carbocycles. The zero-order chi connectivity index (χ0) is 18.8. The van der Waals surface area contributed by atoms with E-state index in [9.17, 15) is 4.79 Å². The summed E-state index contributed by atoms with van der Waals surface area (Å²) in [6.07, 6.45) is 1.83. The third kappa shape index (κ3) is 3.77. The van der Waals surface area contributed by atoms with Crippen molar-refractivity contribution in [1.29, 1.82) is 0 Å². The molecule has 1 atom stereocenters. The van der Waals surface area contributed by atoms with E-state index >= 15 is 0 Å². The minimum absolute atomic E-state index is 0.0747. The molecule has 0 radical (unpaired) electrons. The summed E-state index contributed by atoms with van der Waals surface area (Å²) in [5.74, 6) is 0.548. The number of para-hydroxylation sites is 1. The third-order valence-electron chi connectivity index (χ3n) is 5.93. The molecule has 0 saturated carbocycles. The van der Waals surface area contributed by atoms with Crippen LogP contribution in [0.4, 0.5) is 5.69 Å². The molecular weight excluding hydrogens is 340 g/mol. The monoisotopic (exact) mass is 368 g/mol. The lowest BCUT2D eigenvalue weighted by Crippen LogP contribution is -2.52. The summed E-state index contributed by atoms with van der Waals surface area (Å²) in [5.41, 5.74) is 9.04. The van der Waals surface area contributed by atoms with E-state index in [4.69, 9.17) is 15.5 Å². The Morgan fingerprint density at radius 3 is 2.63 bits per heavy atom. The second kappa shape index (κ2) is 7.82. The highest BCUT2D eigenvalue weighted by Gasteiger charge is 2.31. The molecule has 1 aromatic heterocycles. The number of nitrogens with zero attached hydrogens (tertiary/aromatic N) is 3. The van der Waals surface area contributed by atoms with Gasteiger partial charge in [0.05, 0.1) is 36.2 Å². The highest BCUT2D eigenvalue weighted by Crippen LogP contribution is 2.32. The summed E-state index contributed by atoms with van der Waals surface area (Å²) in [5, 5.41) is 1.07. The lowest BCUT2D eigenvalue weighted by atomic mass is 9.91. The number of anilines is 1. The van der Waals surface area contributed by atoms with Crippen molar-refractivity contribution in [3.05, 3.63) is 36.0 Å². The number of amides is 1. The lowest BCUT2D eigenvalue weighted by molar-refractivity contribution is -0.139. The lowest BCUT2D eigenvalue weighted by Gasteiger charge is -2.37. The molecule has 6 heteroatoms. The predicted octanol–water partition coefficient (Wildman–Crippen LogP) is 2.24. The number of rotatable bonds is 3.